The van der Waals surface area contributed by atoms with Crippen LogP contribution in [0.25, 0.3) is 10.2 Å². The summed E-state index contributed by atoms with van der Waals surface area (Å²) >= 11 is 1.38. The Morgan fingerprint density at radius 2 is 1.79 bits per heavy atom. The van der Waals surface area contributed by atoms with Crippen LogP contribution in [0.5, 0.6) is 11.5 Å². The smallest absolute Gasteiger partial charge is 0.279 e. The van der Waals surface area contributed by atoms with Gasteiger partial charge in [0.05, 0.1) is 15.1 Å². The first-order valence-electron chi connectivity index (χ1n) is 10.2. The van der Waals surface area contributed by atoms with Crippen LogP contribution in [-0.2, 0) is 16.6 Å². The van der Waals surface area contributed by atoms with Crippen LogP contribution in [0.1, 0.15) is 17.3 Å². The predicted molar refractivity (Wildman–Crippen MR) is 127 cm³/mol. The molecule has 0 aliphatic carbocycles. The molecule has 0 saturated carbocycles. The maximum absolute atomic E-state index is 12.9. The minimum Gasteiger partial charge on any atom is -0.454 e. The second-order valence-electron chi connectivity index (χ2n) is 7.14. The Kier molecular flexibility index (Phi) is 6.50. The zero-order valence-corrected chi connectivity index (χ0v) is 19.7. The Morgan fingerprint density at radius 3 is 2.39 bits per heavy atom. The standard InChI is InChI=1S/C23H23N3O5S2/c1-4-11-25(12-5-2)33(28,29)17-9-7-16(8-10-17)22(27)24-23-26(6-3)18-13-19-20(31-15-30-19)14-21(18)32-23/h4-5,7-10,13-14H,1-2,6,11-12,15H2,3H3. The van der Waals surface area contributed by atoms with Crippen LogP contribution in [0, 0.1) is 0 Å². The van der Waals surface area contributed by atoms with Crippen molar-refractivity contribution in [2.24, 2.45) is 4.99 Å². The lowest BCUT2D eigenvalue weighted by molar-refractivity contribution is 0.0997. The molecule has 2 aromatic carbocycles. The van der Waals surface area contributed by atoms with Crippen LogP contribution in [0.2, 0.25) is 0 Å². The van der Waals surface area contributed by atoms with E-state index in [1.54, 1.807) is 0 Å². The van der Waals surface area contributed by atoms with Gasteiger partial charge in [0.15, 0.2) is 16.3 Å². The number of thiazole rings is 1. The average Bonchev–Trinajstić information content (AvgIpc) is 3.40. The van der Waals surface area contributed by atoms with Crippen LogP contribution < -0.4 is 14.3 Å². The Morgan fingerprint density at radius 1 is 1.15 bits per heavy atom. The van der Waals surface area contributed by atoms with Crippen LogP contribution >= 0.6 is 11.3 Å². The third-order valence-electron chi connectivity index (χ3n) is 5.10. The molecule has 0 bridgehead atoms. The lowest BCUT2D eigenvalue weighted by Crippen LogP contribution is -2.31. The summed E-state index contributed by atoms with van der Waals surface area (Å²) in [6.07, 6.45) is 3.03. The van der Waals surface area contributed by atoms with Gasteiger partial charge in [-0.1, -0.05) is 23.5 Å². The van der Waals surface area contributed by atoms with Gasteiger partial charge < -0.3 is 14.0 Å². The fourth-order valence-corrected chi connectivity index (χ4v) is 5.96. The highest BCUT2D eigenvalue weighted by molar-refractivity contribution is 7.89. The number of sulfonamides is 1. The molecule has 10 heteroatoms. The maximum atomic E-state index is 12.9. The van der Waals surface area contributed by atoms with E-state index in [2.05, 4.69) is 18.2 Å². The molecule has 0 unspecified atom stereocenters. The predicted octanol–water partition coefficient (Wildman–Crippen LogP) is 3.56. The number of amides is 1. The fourth-order valence-electron chi connectivity index (χ4n) is 3.48. The molecule has 0 atom stereocenters. The van der Waals surface area contributed by atoms with Gasteiger partial charge >= 0.3 is 0 Å². The highest BCUT2D eigenvalue weighted by Crippen LogP contribution is 2.37. The minimum atomic E-state index is -3.74. The summed E-state index contributed by atoms with van der Waals surface area (Å²) in [6, 6.07) is 9.54. The number of aryl methyl sites for hydroxylation is 1. The molecule has 172 valence electrons. The van der Waals surface area contributed by atoms with E-state index in [0.717, 1.165) is 10.2 Å². The molecule has 4 rings (SSSR count). The van der Waals surface area contributed by atoms with E-state index in [0.29, 0.717) is 28.4 Å². The molecule has 2 heterocycles. The number of benzene rings is 2. The van der Waals surface area contributed by atoms with Gasteiger partial charge in [0.1, 0.15) is 0 Å². The van der Waals surface area contributed by atoms with Gasteiger partial charge in [0.2, 0.25) is 16.8 Å². The molecule has 0 N–H and O–H groups in total. The van der Waals surface area contributed by atoms with Crippen LogP contribution in [-0.4, -0.2) is 43.1 Å². The summed E-state index contributed by atoms with van der Waals surface area (Å²) in [7, 11) is -3.74. The number of hydrogen-bond acceptors (Lipinski definition) is 6. The van der Waals surface area contributed by atoms with Crippen molar-refractivity contribution in [3.63, 3.8) is 0 Å². The Balaban J connectivity index is 1.66. The summed E-state index contributed by atoms with van der Waals surface area (Å²) in [5, 5.41) is 0. The van der Waals surface area contributed by atoms with E-state index in [9.17, 15) is 13.2 Å². The monoisotopic (exact) mass is 485 g/mol. The first kappa shape index (κ1) is 23.0. The summed E-state index contributed by atoms with van der Waals surface area (Å²) < 4.78 is 40.7. The molecule has 8 nitrogen and oxygen atoms in total. The molecule has 33 heavy (non-hydrogen) atoms. The fraction of sp³-hybridized carbons (Fsp3) is 0.217. The Labute approximate surface area is 195 Å². The summed E-state index contributed by atoms with van der Waals surface area (Å²) in [6.45, 7) is 10.3. The molecule has 3 aromatic rings. The maximum Gasteiger partial charge on any atom is 0.279 e. The third-order valence-corrected chi connectivity index (χ3v) is 7.98. The molecular formula is C23H23N3O5S2. The second kappa shape index (κ2) is 9.34. The van der Waals surface area contributed by atoms with Crippen LogP contribution in [0.15, 0.2) is 71.6 Å². The molecule has 0 radical (unpaired) electrons. The lowest BCUT2D eigenvalue weighted by Gasteiger charge is -2.19. The molecule has 1 aliphatic heterocycles. The Hall–Kier alpha value is -3.21. The molecule has 0 fully saturated rings. The highest BCUT2D eigenvalue weighted by atomic mass is 32.2. The highest BCUT2D eigenvalue weighted by Gasteiger charge is 2.23. The number of ether oxygens (including phenoxy) is 2. The van der Waals surface area contributed by atoms with Gasteiger partial charge in [-0.15, -0.1) is 13.2 Å². The number of carbonyl (C=O) groups is 1. The number of aromatic nitrogens is 1. The van der Waals surface area contributed by atoms with Crippen molar-refractivity contribution < 1.29 is 22.7 Å². The van der Waals surface area contributed by atoms with Crippen LogP contribution in [0.3, 0.4) is 0 Å². The molecule has 1 aliphatic rings. The van der Waals surface area contributed by atoms with Crippen molar-refractivity contribution in [2.75, 3.05) is 19.9 Å². The third kappa shape index (κ3) is 4.37. The lowest BCUT2D eigenvalue weighted by atomic mass is 10.2. The summed E-state index contributed by atoms with van der Waals surface area (Å²) in [5.41, 5.74) is 1.20. The molecule has 0 saturated heterocycles. The largest absolute Gasteiger partial charge is 0.454 e. The number of fused-ring (bicyclic) bond motifs is 2. The van der Waals surface area contributed by atoms with E-state index >= 15 is 0 Å². The van der Waals surface area contributed by atoms with Crippen molar-refractivity contribution in [3.05, 3.63) is 72.1 Å². The number of carbonyl (C=O) groups excluding carboxylic acids is 1. The van der Waals surface area contributed by atoms with Gasteiger partial charge in [-0.3, -0.25) is 4.79 Å². The van der Waals surface area contributed by atoms with Crippen molar-refractivity contribution in [1.29, 1.82) is 0 Å². The van der Waals surface area contributed by atoms with Crippen molar-refractivity contribution in [2.45, 2.75) is 18.4 Å². The quantitative estimate of drug-likeness (QED) is 0.455. The van der Waals surface area contributed by atoms with Crippen LogP contribution in [0.4, 0.5) is 0 Å². The molecule has 1 aromatic heterocycles. The minimum absolute atomic E-state index is 0.0859. The SMILES string of the molecule is C=CCN(CC=C)S(=O)(=O)c1ccc(C(=O)N=c2sc3cc4c(cc3n2CC)OCO4)cc1. The van der Waals surface area contributed by atoms with Crippen molar-refractivity contribution >= 4 is 37.5 Å². The van der Waals surface area contributed by atoms with Gasteiger partial charge in [-0.2, -0.15) is 9.30 Å². The molecule has 0 spiro atoms. The van der Waals surface area contributed by atoms with Gasteiger partial charge in [-0.05, 0) is 31.2 Å². The van der Waals surface area contributed by atoms with Gasteiger partial charge in [-0.25, -0.2) is 8.42 Å². The Bertz CT molecular complexity index is 1390. The van der Waals surface area contributed by atoms with E-state index in [-0.39, 0.29) is 24.8 Å². The number of hydrogen-bond donors (Lipinski definition) is 0. The normalized spacial score (nSPS) is 13.6. The van der Waals surface area contributed by atoms with E-state index in [4.69, 9.17) is 9.47 Å². The number of nitrogens with zero attached hydrogens (tertiary/aromatic N) is 3. The van der Waals surface area contributed by atoms with Gasteiger partial charge in [0.25, 0.3) is 5.91 Å². The van der Waals surface area contributed by atoms with Gasteiger partial charge in [0, 0.05) is 37.3 Å². The molecule has 1 amide bonds. The topological polar surface area (TPSA) is 90.2 Å². The van der Waals surface area contributed by atoms with E-state index in [1.807, 2.05) is 23.6 Å². The van der Waals surface area contributed by atoms with E-state index in [1.165, 1.54) is 52.1 Å². The average molecular weight is 486 g/mol. The summed E-state index contributed by atoms with van der Waals surface area (Å²) in [5.74, 6) is 0.879. The first-order chi connectivity index (χ1) is 15.9. The second-order valence-corrected chi connectivity index (χ2v) is 10.1. The zero-order chi connectivity index (χ0) is 23.6. The summed E-state index contributed by atoms with van der Waals surface area (Å²) in [4.78, 5) is 17.8. The van der Waals surface area contributed by atoms with Crippen molar-refractivity contribution in [1.82, 2.24) is 8.87 Å². The number of rotatable bonds is 8. The first-order valence-corrected chi connectivity index (χ1v) is 12.5. The van der Waals surface area contributed by atoms with Crippen molar-refractivity contribution in [3.8, 4) is 11.5 Å². The molecular weight excluding hydrogens is 462 g/mol. The van der Waals surface area contributed by atoms with E-state index < -0.39 is 15.9 Å². The zero-order valence-electron chi connectivity index (χ0n) is 18.1.